The summed E-state index contributed by atoms with van der Waals surface area (Å²) < 4.78 is 5.71. The van der Waals surface area contributed by atoms with Gasteiger partial charge in [-0.2, -0.15) is 0 Å². The van der Waals surface area contributed by atoms with Gasteiger partial charge >= 0.3 is 0 Å². The molecule has 1 aromatic carbocycles. The van der Waals surface area contributed by atoms with Gasteiger partial charge in [0.25, 0.3) is 0 Å². The number of hydrogen-bond acceptors (Lipinski definition) is 3. The van der Waals surface area contributed by atoms with Gasteiger partial charge in [-0.25, -0.2) is 4.98 Å². The zero-order chi connectivity index (χ0) is 12.6. The predicted molar refractivity (Wildman–Crippen MR) is 77.2 cm³/mol. The summed E-state index contributed by atoms with van der Waals surface area (Å²) in [6, 6.07) is 8.19. The first-order valence-corrected chi connectivity index (χ1v) is 7.41. The fraction of sp³-hybridized carbons (Fsp3) is 0.400. The molecule has 2 aromatic rings. The van der Waals surface area contributed by atoms with E-state index in [0.717, 1.165) is 29.3 Å². The van der Waals surface area contributed by atoms with E-state index in [1.165, 1.54) is 19.3 Å². The molecule has 0 aliphatic carbocycles. The fourth-order valence-electron chi connectivity index (χ4n) is 1.78. The minimum Gasteiger partial charge on any atom is -0.494 e. The lowest BCUT2D eigenvalue weighted by Crippen LogP contribution is -1.96. The third-order valence-electron chi connectivity index (χ3n) is 2.80. The Hall–Kier alpha value is -1.35. The summed E-state index contributed by atoms with van der Waals surface area (Å²) in [5.74, 6) is 0.951. The van der Waals surface area contributed by atoms with E-state index in [1.54, 1.807) is 11.3 Å². The van der Waals surface area contributed by atoms with Crippen LogP contribution in [0.2, 0.25) is 0 Å². The van der Waals surface area contributed by atoms with E-state index in [2.05, 4.69) is 24.0 Å². The van der Waals surface area contributed by atoms with Gasteiger partial charge in [-0.15, -0.1) is 11.3 Å². The smallest absolute Gasteiger partial charge is 0.123 e. The molecule has 0 fully saturated rings. The van der Waals surface area contributed by atoms with E-state index in [4.69, 9.17) is 4.74 Å². The van der Waals surface area contributed by atoms with Crippen molar-refractivity contribution in [2.45, 2.75) is 32.6 Å². The zero-order valence-corrected chi connectivity index (χ0v) is 11.6. The maximum atomic E-state index is 5.71. The van der Waals surface area contributed by atoms with Crippen LogP contribution in [0.1, 0.15) is 32.6 Å². The molecule has 0 saturated heterocycles. The van der Waals surface area contributed by atoms with Crippen molar-refractivity contribution in [1.82, 2.24) is 4.98 Å². The van der Waals surface area contributed by atoms with Crippen LogP contribution < -0.4 is 4.74 Å². The molecule has 0 atom stereocenters. The van der Waals surface area contributed by atoms with Gasteiger partial charge in [0.1, 0.15) is 10.8 Å². The average Bonchev–Trinajstić information content (AvgIpc) is 2.93. The molecule has 3 heteroatoms. The van der Waals surface area contributed by atoms with Crippen molar-refractivity contribution in [3.05, 3.63) is 35.8 Å². The summed E-state index contributed by atoms with van der Waals surface area (Å²) >= 11 is 1.66. The molecule has 0 aliphatic heterocycles. The lowest BCUT2D eigenvalue weighted by atomic mass is 10.2. The van der Waals surface area contributed by atoms with Crippen molar-refractivity contribution in [2.75, 3.05) is 6.61 Å². The molecule has 0 unspecified atom stereocenters. The third kappa shape index (κ3) is 3.84. The van der Waals surface area contributed by atoms with Crippen LogP contribution in [0.5, 0.6) is 5.75 Å². The van der Waals surface area contributed by atoms with Crippen molar-refractivity contribution in [1.29, 1.82) is 0 Å². The second-order valence-corrected chi connectivity index (χ2v) is 5.17. The molecule has 1 heterocycles. The van der Waals surface area contributed by atoms with Crippen molar-refractivity contribution in [3.8, 4) is 16.3 Å². The first-order chi connectivity index (χ1) is 8.90. The number of nitrogens with zero attached hydrogens (tertiary/aromatic N) is 1. The van der Waals surface area contributed by atoms with Crippen LogP contribution in [-0.4, -0.2) is 11.6 Å². The summed E-state index contributed by atoms with van der Waals surface area (Å²) in [7, 11) is 0. The molecular weight excluding hydrogens is 242 g/mol. The summed E-state index contributed by atoms with van der Waals surface area (Å²) in [6.07, 6.45) is 6.79. The summed E-state index contributed by atoms with van der Waals surface area (Å²) in [6.45, 7) is 3.04. The number of aromatic nitrogens is 1. The Morgan fingerprint density at radius 2 is 1.94 bits per heavy atom. The highest BCUT2D eigenvalue weighted by Crippen LogP contribution is 2.24. The lowest BCUT2D eigenvalue weighted by Gasteiger charge is -2.06. The summed E-state index contributed by atoms with van der Waals surface area (Å²) in [5.41, 5.74) is 1.16. The number of ether oxygens (including phenoxy) is 1. The average molecular weight is 261 g/mol. The van der Waals surface area contributed by atoms with Crippen molar-refractivity contribution >= 4 is 11.3 Å². The SMILES string of the molecule is CCCCCCOc1ccc(-c2nccs2)cc1. The van der Waals surface area contributed by atoms with Crippen LogP contribution in [0.25, 0.3) is 10.6 Å². The van der Waals surface area contributed by atoms with Gasteiger partial charge in [0.15, 0.2) is 0 Å². The van der Waals surface area contributed by atoms with Crippen LogP contribution in [0.15, 0.2) is 35.8 Å². The molecule has 0 spiro atoms. The molecule has 1 aromatic heterocycles. The quantitative estimate of drug-likeness (QED) is 0.670. The normalized spacial score (nSPS) is 10.5. The Morgan fingerprint density at radius 3 is 2.61 bits per heavy atom. The number of benzene rings is 1. The molecule has 2 rings (SSSR count). The van der Waals surface area contributed by atoms with Crippen molar-refractivity contribution in [3.63, 3.8) is 0 Å². The van der Waals surface area contributed by atoms with E-state index in [1.807, 2.05) is 23.7 Å². The van der Waals surface area contributed by atoms with Crippen LogP contribution in [-0.2, 0) is 0 Å². The standard InChI is InChI=1S/C15H19NOS/c1-2-3-4-5-11-17-14-8-6-13(7-9-14)15-16-10-12-18-15/h6-10,12H,2-5,11H2,1H3. The Bertz CT molecular complexity index is 436. The third-order valence-corrected chi connectivity index (χ3v) is 3.62. The molecule has 0 bridgehead atoms. The van der Waals surface area contributed by atoms with E-state index in [-0.39, 0.29) is 0 Å². The van der Waals surface area contributed by atoms with Gasteiger partial charge in [-0.1, -0.05) is 26.2 Å². The predicted octanol–water partition coefficient (Wildman–Crippen LogP) is 4.77. The molecule has 0 saturated carbocycles. The Kier molecular flexibility index (Phi) is 5.21. The van der Waals surface area contributed by atoms with Gasteiger partial charge in [0, 0.05) is 17.1 Å². The highest BCUT2D eigenvalue weighted by atomic mass is 32.1. The second-order valence-electron chi connectivity index (χ2n) is 4.27. The van der Waals surface area contributed by atoms with Gasteiger partial charge < -0.3 is 4.74 Å². The van der Waals surface area contributed by atoms with Gasteiger partial charge in [-0.3, -0.25) is 0 Å². The molecule has 0 N–H and O–H groups in total. The molecule has 0 amide bonds. The van der Waals surface area contributed by atoms with Crippen LogP contribution >= 0.6 is 11.3 Å². The van der Waals surface area contributed by atoms with E-state index in [0.29, 0.717) is 0 Å². The van der Waals surface area contributed by atoms with Gasteiger partial charge in [-0.05, 0) is 30.7 Å². The number of unbranched alkanes of at least 4 members (excludes halogenated alkanes) is 3. The van der Waals surface area contributed by atoms with Crippen LogP contribution in [0, 0.1) is 0 Å². The van der Waals surface area contributed by atoms with Crippen LogP contribution in [0.4, 0.5) is 0 Å². The Balaban J connectivity index is 1.81. The number of thiazole rings is 1. The molecular formula is C15H19NOS. The first-order valence-electron chi connectivity index (χ1n) is 6.53. The minimum absolute atomic E-state index is 0.816. The monoisotopic (exact) mass is 261 g/mol. The number of rotatable bonds is 7. The highest BCUT2D eigenvalue weighted by Gasteiger charge is 2.00. The largest absolute Gasteiger partial charge is 0.494 e. The molecule has 18 heavy (non-hydrogen) atoms. The Morgan fingerprint density at radius 1 is 1.11 bits per heavy atom. The molecule has 2 nitrogen and oxygen atoms in total. The number of hydrogen-bond donors (Lipinski definition) is 0. The van der Waals surface area contributed by atoms with Crippen molar-refractivity contribution < 1.29 is 4.74 Å². The second kappa shape index (κ2) is 7.17. The summed E-state index contributed by atoms with van der Waals surface area (Å²) in [4.78, 5) is 4.29. The topological polar surface area (TPSA) is 22.1 Å². The van der Waals surface area contributed by atoms with Gasteiger partial charge in [0.2, 0.25) is 0 Å². The van der Waals surface area contributed by atoms with E-state index >= 15 is 0 Å². The maximum absolute atomic E-state index is 5.71. The summed E-state index contributed by atoms with van der Waals surface area (Å²) in [5, 5.41) is 3.05. The lowest BCUT2D eigenvalue weighted by molar-refractivity contribution is 0.305. The first kappa shape index (κ1) is 13.1. The minimum atomic E-state index is 0.816. The van der Waals surface area contributed by atoms with E-state index in [9.17, 15) is 0 Å². The zero-order valence-electron chi connectivity index (χ0n) is 10.8. The molecule has 0 aliphatic rings. The highest BCUT2D eigenvalue weighted by molar-refractivity contribution is 7.13. The molecule has 96 valence electrons. The van der Waals surface area contributed by atoms with Gasteiger partial charge in [0.05, 0.1) is 6.61 Å². The molecule has 0 radical (unpaired) electrons. The van der Waals surface area contributed by atoms with Crippen LogP contribution in [0.3, 0.4) is 0 Å². The Labute approximate surface area is 113 Å². The fourth-order valence-corrected chi connectivity index (χ4v) is 2.42. The van der Waals surface area contributed by atoms with E-state index < -0.39 is 0 Å². The maximum Gasteiger partial charge on any atom is 0.123 e. The van der Waals surface area contributed by atoms with Crippen molar-refractivity contribution in [2.24, 2.45) is 0 Å².